The molecular weight excluding hydrogens is 264 g/mol. The van der Waals surface area contributed by atoms with Crippen molar-refractivity contribution in [2.45, 2.75) is 46.1 Å². The molecule has 0 rings (SSSR count). The molecule has 2 amide bonds. The molecule has 7 nitrogen and oxygen atoms in total. The van der Waals surface area contributed by atoms with Crippen LogP contribution in [0.4, 0.5) is 0 Å². The fourth-order valence-electron chi connectivity index (χ4n) is 1.45. The zero-order valence-electron chi connectivity index (χ0n) is 12.2. The SMILES string of the molecule is CCC[C@H](NC(=O)C(=O)CC)C(=O)NCC(=O)OCC. The molecule has 0 aliphatic rings. The van der Waals surface area contributed by atoms with Crippen molar-refractivity contribution in [3.63, 3.8) is 0 Å². The Morgan fingerprint density at radius 2 is 1.75 bits per heavy atom. The number of carbonyl (C=O) groups is 4. The minimum Gasteiger partial charge on any atom is -0.465 e. The van der Waals surface area contributed by atoms with Crippen molar-refractivity contribution >= 4 is 23.6 Å². The maximum absolute atomic E-state index is 11.8. The second-order valence-corrected chi connectivity index (χ2v) is 4.11. The number of esters is 1. The second kappa shape index (κ2) is 9.94. The van der Waals surface area contributed by atoms with Crippen LogP contribution in [0.25, 0.3) is 0 Å². The van der Waals surface area contributed by atoms with E-state index in [4.69, 9.17) is 0 Å². The molecule has 0 aliphatic carbocycles. The van der Waals surface area contributed by atoms with Crippen molar-refractivity contribution < 1.29 is 23.9 Å². The van der Waals surface area contributed by atoms with Gasteiger partial charge in [0.05, 0.1) is 6.61 Å². The molecule has 0 aliphatic heterocycles. The Balaban J connectivity index is 4.43. The van der Waals surface area contributed by atoms with Gasteiger partial charge in [0.1, 0.15) is 12.6 Å². The van der Waals surface area contributed by atoms with Gasteiger partial charge in [-0.25, -0.2) is 0 Å². The Bertz CT molecular complexity index is 368. The van der Waals surface area contributed by atoms with E-state index in [1.54, 1.807) is 13.8 Å². The van der Waals surface area contributed by atoms with Crippen LogP contribution in [0.1, 0.15) is 40.0 Å². The highest BCUT2D eigenvalue weighted by Gasteiger charge is 2.22. The summed E-state index contributed by atoms with van der Waals surface area (Å²) in [5.41, 5.74) is 0. The fourth-order valence-corrected chi connectivity index (χ4v) is 1.45. The smallest absolute Gasteiger partial charge is 0.325 e. The number of ether oxygens (including phenoxy) is 1. The van der Waals surface area contributed by atoms with Crippen LogP contribution in [0.5, 0.6) is 0 Å². The molecule has 20 heavy (non-hydrogen) atoms. The molecule has 0 saturated carbocycles. The average Bonchev–Trinajstić information content (AvgIpc) is 2.43. The van der Waals surface area contributed by atoms with E-state index in [1.807, 2.05) is 6.92 Å². The minimum atomic E-state index is -0.822. The molecule has 0 aromatic heterocycles. The lowest BCUT2D eigenvalue weighted by Gasteiger charge is -2.17. The molecule has 2 N–H and O–H groups in total. The lowest BCUT2D eigenvalue weighted by atomic mass is 10.1. The van der Waals surface area contributed by atoms with Crippen LogP contribution < -0.4 is 10.6 Å². The molecule has 0 unspecified atom stereocenters. The standard InChI is InChI=1S/C13H22N2O5/c1-4-7-9(15-13(19)10(16)5-2)12(18)14-8-11(17)20-6-3/h9H,4-8H2,1-3H3,(H,14,18)(H,15,19)/t9-/m0/s1. The molecule has 0 saturated heterocycles. The van der Waals surface area contributed by atoms with Crippen molar-refractivity contribution in [2.24, 2.45) is 0 Å². The maximum Gasteiger partial charge on any atom is 0.325 e. The van der Waals surface area contributed by atoms with E-state index in [2.05, 4.69) is 15.4 Å². The highest BCUT2D eigenvalue weighted by atomic mass is 16.5. The summed E-state index contributed by atoms with van der Waals surface area (Å²) >= 11 is 0. The Kier molecular flexibility index (Phi) is 8.98. The van der Waals surface area contributed by atoms with Gasteiger partial charge in [0.15, 0.2) is 0 Å². The molecule has 114 valence electrons. The van der Waals surface area contributed by atoms with Crippen LogP contribution in [0.2, 0.25) is 0 Å². The van der Waals surface area contributed by atoms with E-state index in [9.17, 15) is 19.2 Å². The van der Waals surface area contributed by atoms with Gasteiger partial charge in [-0.2, -0.15) is 0 Å². The van der Waals surface area contributed by atoms with Crippen molar-refractivity contribution in [1.82, 2.24) is 10.6 Å². The molecule has 0 aromatic rings. The van der Waals surface area contributed by atoms with Crippen LogP contribution >= 0.6 is 0 Å². The van der Waals surface area contributed by atoms with Crippen molar-refractivity contribution in [1.29, 1.82) is 0 Å². The molecule has 0 fully saturated rings. The van der Waals surface area contributed by atoms with Gasteiger partial charge < -0.3 is 15.4 Å². The third kappa shape index (κ3) is 6.86. The van der Waals surface area contributed by atoms with Gasteiger partial charge in [-0.05, 0) is 13.3 Å². The summed E-state index contributed by atoms with van der Waals surface area (Å²) < 4.78 is 4.67. The molecule has 1 atom stereocenters. The normalized spacial score (nSPS) is 11.3. The van der Waals surface area contributed by atoms with Crippen LogP contribution in [-0.4, -0.2) is 42.8 Å². The summed E-state index contributed by atoms with van der Waals surface area (Å²) in [5, 5.41) is 4.75. The number of carbonyl (C=O) groups excluding carboxylic acids is 4. The Morgan fingerprint density at radius 3 is 2.25 bits per heavy atom. The Hall–Kier alpha value is -1.92. The number of amides is 2. The Labute approximate surface area is 118 Å². The first-order chi connectivity index (χ1) is 9.46. The molecule has 0 heterocycles. The van der Waals surface area contributed by atoms with Crippen molar-refractivity contribution in [2.75, 3.05) is 13.2 Å². The van der Waals surface area contributed by atoms with Gasteiger partial charge in [-0.15, -0.1) is 0 Å². The van der Waals surface area contributed by atoms with Crippen LogP contribution in [-0.2, 0) is 23.9 Å². The monoisotopic (exact) mass is 286 g/mol. The summed E-state index contributed by atoms with van der Waals surface area (Å²) in [6.07, 6.45) is 1.12. The number of hydrogen-bond acceptors (Lipinski definition) is 5. The number of hydrogen-bond donors (Lipinski definition) is 2. The molecule has 0 spiro atoms. The van der Waals surface area contributed by atoms with Crippen molar-refractivity contribution in [3.05, 3.63) is 0 Å². The fraction of sp³-hybridized carbons (Fsp3) is 0.692. The number of ketones is 1. The largest absolute Gasteiger partial charge is 0.465 e. The van der Waals surface area contributed by atoms with E-state index < -0.39 is 29.6 Å². The topological polar surface area (TPSA) is 102 Å². The number of nitrogens with one attached hydrogen (secondary N) is 2. The first-order valence-electron chi connectivity index (χ1n) is 6.73. The highest BCUT2D eigenvalue weighted by Crippen LogP contribution is 1.98. The molecule has 0 radical (unpaired) electrons. The zero-order valence-corrected chi connectivity index (χ0v) is 12.2. The summed E-state index contributed by atoms with van der Waals surface area (Å²) in [7, 11) is 0. The first kappa shape index (κ1) is 18.1. The predicted octanol–water partition coefficient (Wildman–Crippen LogP) is -0.0703. The molecule has 0 aromatic carbocycles. The predicted molar refractivity (Wildman–Crippen MR) is 71.8 cm³/mol. The van der Waals surface area contributed by atoms with Crippen molar-refractivity contribution in [3.8, 4) is 0 Å². The van der Waals surface area contributed by atoms with E-state index >= 15 is 0 Å². The van der Waals surface area contributed by atoms with E-state index in [-0.39, 0.29) is 19.6 Å². The average molecular weight is 286 g/mol. The van der Waals surface area contributed by atoms with Crippen LogP contribution in [0.15, 0.2) is 0 Å². The minimum absolute atomic E-state index is 0.0785. The van der Waals surface area contributed by atoms with Gasteiger partial charge in [0, 0.05) is 6.42 Å². The van der Waals surface area contributed by atoms with Gasteiger partial charge in [0.2, 0.25) is 11.7 Å². The van der Waals surface area contributed by atoms with E-state index in [0.717, 1.165) is 0 Å². The zero-order chi connectivity index (χ0) is 15.5. The van der Waals surface area contributed by atoms with E-state index in [1.165, 1.54) is 0 Å². The molecule has 0 bridgehead atoms. The summed E-state index contributed by atoms with van der Waals surface area (Å²) in [6.45, 7) is 5.05. The highest BCUT2D eigenvalue weighted by molar-refractivity contribution is 6.36. The van der Waals surface area contributed by atoms with E-state index in [0.29, 0.717) is 12.8 Å². The second-order valence-electron chi connectivity index (χ2n) is 4.11. The van der Waals surface area contributed by atoms with Gasteiger partial charge in [-0.1, -0.05) is 20.3 Å². The summed E-state index contributed by atoms with van der Waals surface area (Å²) in [5.74, 6) is -2.41. The third-order valence-electron chi connectivity index (χ3n) is 2.49. The Morgan fingerprint density at radius 1 is 1.10 bits per heavy atom. The van der Waals surface area contributed by atoms with Crippen LogP contribution in [0, 0.1) is 0 Å². The molecular formula is C13H22N2O5. The van der Waals surface area contributed by atoms with Gasteiger partial charge in [-0.3, -0.25) is 19.2 Å². The summed E-state index contributed by atoms with van der Waals surface area (Å²) in [4.78, 5) is 45.6. The summed E-state index contributed by atoms with van der Waals surface area (Å²) in [6, 6.07) is -0.822. The quantitative estimate of drug-likeness (QED) is 0.456. The maximum atomic E-state index is 11.8. The number of rotatable bonds is 9. The molecule has 7 heteroatoms. The van der Waals surface area contributed by atoms with Gasteiger partial charge in [0.25, 0.3) is 5.91 Å². The first-order valence-corrected chi connectivity index (χ1v) is 6.73. The lowest BCUT2D eigenvalue weighted by molar-refractivity contribution is -0.144. The van der Waals surface area contributed by atoms with Crippen LogP contribution in [0.3, 0.4) is 0 Å². The number of Topliss-reactive ketones (excluding diaryl/α,β-unsaturated/α-hetero) is 1. The third-order valence-corrected chi connectivity index (χ3v) is 2.49. The lowest BCUT2D eigenvalue weighted by Crippen LogP contribution is -2.49. The van der Waals surface area contributed by atoms with Gasteiger partial charge >= 0.3 is 5.97 Å².